The van der Waals surface area contributed by atoms with Crippen LogP contribution in [0.15, 0.2) is 30.3 Å². The van der Waals surface area contributed by atoms with E-state index in [1.54, 1.807) is 7.11 Å². The van der Waals surface area contributed by atoms with Gasteiger partial charge in [-0.1, -0.05) is 30.3 Å². The second-order valence-corrected chi connectivity index (χ2v) is 5.05. The largest absolute Gasteiger partial charge is 0.377 e. The number of nitrogens with zero attached hydrogens (tertiary/aromatic N) is 3. The number of methoxy groups -OCH3 is 1. The van der Waals surface area contributed by atoms with Crippen molar-refractivity contribution in [2.24, 2.45) is 0 Å². The van der Waals surface area contributed by atoms with Crippen molar-refractivity contribution >= 4 is 11.6 Å². The molecule has 1 aromatic heterocycles. The molecule has 0 radical (unpaired) electrons. The van der Waals surface area contributed by atoms with Gasteiger partial charge in [-0.25, -0.2) is 0 Å². The van der Waals surface area contributed by atoms with Crippen molar-refractivity contribution in [2.45, 2.75) is 26.0 Å². The molecule has 0 aliphatic rings. The van der Waals surface area contributed by atoms with E-state index in [9.17, 15) is 0 Å². The highest BCUT2D eigenvalue weighted by molar-refractivity contribution is 6.28. The van der Waals surface area contributed by atoms with Gasteiger partial charge in [0, 0.05) is 12.7 Å². The fraction of sp³-hybridized carbons (Fsp3) is 0.385. The topological polar surface area (TPSA) is 39.9 Å². The molecule has 2 rings (SSSR count). The first-order valence-electron chi connectivity index (χ1n) is 5.73. The highest BCUT2D eigenvalue weighted by atomic mass is 35.5. The van der Waals surface area contributed by atoms with Crippen molar-refractivity contribution in [3.63, 3.8) is 0 Å². The maximum Gasteiger partial charge on any atom is 0.225 e. The predicted molar refractivity (Wildman–Crippen MR) is 71.6 cm³/mol. The van der Waals surface area contributed by atoms with E-state index in [1.807, 2.05) is 48.7 Å². The minimum absolute atomic E-state index is 0.324. The first-order chi connectivity index (χ1) is 8.53. The Kier molecular flexibility index (Phi) is 3.68. The summed E-state index contributed by atoms with van der Waals surface area (Å²) in [5.41, 5.74) is 0.666. The minimum Gasteiger partial charge on any atom is -0.377 e. The van der Waals surface area contributed by atoms with Gasteiger partial charge in [-0.3, -0.25) is 4.57 Å². The average molecular weight is 266 g/mol. The van der Waals surface area contributed by atoms with E-state index >= 15 is 0 Å². The monoisotopic (exact) mass is 265 g/mol. The molecule has 0 bridgehead atoms. The van der Waals surface area contributed by atoms with Crippen LogP contribution in [-0.2, 0) is 11.3 Å². The summed E-state index contributed by atoms with van der Waals surface area (Å²) in [5.74, 6) is 0.755. The zero-order chi connectivity index (χ0) is 13.2. The highest BCUT2D eigenvalue weighted by Gasteiger charge is 2.22. The normalized spacial score (nSPS) is 11.8. The average Bonchev–Trinajstić information content (AvgIpc) is 2.72. The molecule has 2 aromatic rings. The second-order valence-electron chi connectivity index (χ2n) is 4.71. The maximum atomic E-state index is 6.09. The number of aromatic nitrogens is 3. The lowest BCUT2D eigenvalue weighted by molar-refractivity contribution is 0.00848. The Hall–Kier alpha value is -1.39. The predicted octanol–water partition coefficient (Wildman–Crippen LogP) is 3.02. The van der Waals surface area contributed by atoms with Crippen LogP contribution in [0.25, 0.3) is 11.4 Å². The summed E-state index contributed by atoms with van der Waals surface area (Å²) in [4.78, 5) is 0. The molecule has 4 nitrogen and oxygen atoms in total. The van der Waals surface area contributed by atoms with Crippen molar-refractivity contribution in [3.05, 3.63) is 35.6 Å². The maximum absolute atomic E-state index is 6.09. The van der Waals surface area contributed by atoms with Crippen LogP contribution in [0.1, 0.15) is 13.8 Å². The van der Waals surface area contributed by atoms with Gasteiger partial charge in [0.25, 0.3) is 0 Å². The Bertz CT molecular complexity index is 522. The first-order valence-corrected chi connectivity index (χ1v) is 6.10. The van der Waals surface area contributed by atoms with E-state index in [0.29, 0.717) is 11.8 Å². The van der Waals surface area contributed by atoms with Crippen LogP contribution >= 0.6 is 11.6 Å². The van der Waals surface area contributed by atoms with Crippen molar-refractivity contribution in [2.75, 3.05) is 7.11 Å². The summed E-state index contributed by atoms with van der Waals surface area (Å²) < 4.78 is 7.28. The van der Waals surface area contributed by atoms with Crippen molar-refractivity contribution in [1.82, 2.24) is 14.8 Å². The molecule has 0 aliphatic carbocycles. The van der Waals surface area contributed by atoms with E-state index < -0.39 is 0 Å². The number of benzene rings is 1. The molecule has 1 heterocycles. The van der Waals surface area contributed by atoms with Gasteiger partial charge in [0.1, 0.15) is 0 Å². The fourth-order valence-electron chi connectivity index (χ4n) is 1.67. The molecule has 0 aliphatic heterocycles. The molecule has 0 atom stereocenters. The zero-order valence-corrected chi connectivity index (χ0v) is 11.5. The van der Waals surface area contributed by atoms with Gasteiger partial charge < -0.3 is 4.74 Å². The first kappa shape index (κ1) is 13.1. The van der Waals surface area contributed by atoms with Gasteiger partial charge in [0.05, 0.1) is 12.1 Å². The van der Waals surface area contributed by atoms with Crippen LogP contribution in [0.3, 0.4) is 0 Å². The van der Waals surface area contributed by atoms with E-state index in [-0.39, 0.29) is 5.60 Å². The Labute approximate surface area is 112 Å². The Morgan fingerprint density at radius 2 is 1.89 bits per heavy atom. The number of hydrogen-bond acceptors (Lipinski definition) is 3. The highest BCUT2D eigenvalue weighted by Crippen LogP contribution is 2.23. The van der Waals surface area contributed by atoms with E-state index in [2.05, 4.69) is 10.2 Å². The molecule has 96 valence electrons. The third-order valence-electron chi connectivity index (χ3n) is 2.83. The summed E-state index contributed by atoms with van der Waals surface area (Å²) in [7, 11) is 1.68. The molecule has 0 saturated carbocycles. The zero-order valence-electron chi connectivity index (χ0n) is 10.7. The van der Waals surface area contributed by atoms with Crippen LogP contribution in [0, 0.1) is 0 Å². The number of halogens is 1. The van der Waals surface area contributed by atoms with E-state index in [4.69, 9.17) is 16.3 Å². The smallest absolute Gasteiger partial charge is 0.225 e. The standard InChI is InChI=1S/C13H16ClN3O/c1-13(2,18-3)9-17-11(15-16-12(17)14)10-7-5-4-6-8-10/h4-8H,9H2,1-3H3. The van der Waals surface area contributed by atoms with Gasteiger partial charge in [0.2, 0.25) is 5.28 Å². The quantitative estimate of drug-likeness (QED) is 0.853. The molecule has 0 amide bonds. The molecule has 5 heteroatoms. The van der Waals surface area contributed by atoms with Gasteiger partial charge in [-0.15, -0.1) is 10.2 Å². The van der Waals surface area contributed by atoms with E-state index in [0.717, 1.165) is 11.4 Å². The number of hydrogen-bond donors (Lipinski definition) is 0. The summed E-state index contributed by atoms with van der Waals surface area (Å²) in [6, 6.07) is 9.85. The molecule has 18 heavy (non-hydrogen) atoms. The lowest BCUT2D eigenvalue weighted by Crippen LogP contribution is -2.29. The van der Waals surface area contributed by atoms with Crippen LogP contribution in [0.5, 0.6) is 0 Å². The molecule has 0 unspecified atom stereocenters. The van der Waals surface area contributed by atoms with Gasteiger partial charge in [-0.2, -0.15) is 0 Å². The Balaban J connectivity index is 2.40. The van der Waals surface area contributed by atoms with Gasteiger partial charge in [-0.05, 0) is 25.4 Å². The number of ether oxygens (including phenoxy) is 1. The Morgan fingerprint density at radius 3 is 2.50 bits per heavy atom. The lowest BCUT2D eigenvalue weighted by Gasteiger charge is -2.24. The summed E-state index contributed by atoms with van der Waals surface area (Å²) in [6.45, 7) is 4.59. The molecule has 0 fully saturated rings. The SMILES string of the molecule is COC(C)(C)Cn1c(Cl)nnc1-c1ccccc1. The van der Waals surface area contributed by atoms with E-state index in [1.165, 1.54) is 0 Å². The summed E-state index contributed by atoms with van der Waals surface area (Å²) in [6.07, 6.45) is 0. The van der Waals surface area contributed by atoms with Crippen molar-refractivity contribution in [3.8, 4) is 11.4 Å². The van der Waals surface area contributed by atoms with Crippen molar-refractivity contribution < 1.29 is 4.74 Å². The van der Waals surface area contributed by atoms with Gasteiger partial charge in [0.15, 0.2) is 5.82 Å². The van der Waals surface area contributed by atoms with Crippen LogP contribution in [0.4, 0.5) is 0 Å². The number of rotatable bonds is 4. The molecular formula is C13H16ClN3O. The van der Waals surface area contributed by atoms with Crippen LogP contribution < -0.4 is 0 Å². The fourth-order valence-corrected chi connectivity index (χ4v) is 1.85. The molecule has 1 aromatic carbocycles. The summed E-state index contributed by atoms with van der Waals surface area (Å²) >= 11 is 6.09. The second kappa shape index (κ2) is 5.08. The van der Waals surface area contributed by atoms with Crippen LogP contribution in [0.2, 0.25) is 5.28 Å². The Morgan fingerprint density at radius 1 is 1.22 bits per heavy atom. The molecule has 0 saturated heterocycles. The minimum atomic E-state index is -0.324. The molecule has 0 spiro atoms. The van der Waals surface area contributed by atoms with Gasteiger partial charge >= 0.3 is 0 Å². The van der Waals surface area contributed by atoms with Crippen molar-refractivity contribution in [1.29, 1.82) is 0 Å². The summed E-state index contributed by atoms with van der Waals surface area (Å²) in [5, 5.41) is 8.44. The molecular weight excluding hydrogens is 250 g/mol. The lowest BCUT2D eigenvalue weighted by atomic mass is 10.1. The molecule has 0 N–H and O–H groups in total. The third kappa shape index (κ3) is 2.71. The van der Waals surface area contributed by atoms with Crippen LogP contribution in [-0.4, -0.2) is 27.5 Å². The third-order valence-corrected chi connectivity index (χ3v) is 3.11.